The molecule has 0 spiro atoms. The molecule has 54 valence electrons. The summed E-state index contributed by atoms with van der Waals surface area (Å²) in [6.07, 6.45) is 1.48. The number of amides is 1. The first-order valence-electron chi connectivity index (χ1n) is 2.84. The van der Waals surface area contributed by atoms with E-state index in [0.29, 0.717) is 0 Å². The molecule has 10 heavy (non-hydrogen) atoms. The van der Waals surface area contributed by atoms with E-state index in [9.17, 15) is 4.79 Å². The fourth-order valence-electron chi connectivity index (χ4n) is 0.664. The van der Waals surface area contributed by atoms with Crippen LogP contribution in [0.1, 0.15) is 0 Å². The first kappa shape index (κ1) is 6.67. The van der Waals surface area contributed by atoms with Crippen molar-refractivity contribution in [3.05, 3.63) is 18.3 Å². The van der Waals surface area contributed by atoms with Crippen LogP contribution in [0.2, 0.25) is 0 Å². The van der Waals surface area contributed by atoms with E-state index in [4.69, 9.17) is 5.11 Å². The number of nitrogens with zero attached hydrogens (tertiary/aromatic N) is 1. The molecule has 4 heteroatoms. The maximum atomic E-state index is 10.8. The third-order valence-corrected chi connectivity index (χ3v) is 1.16. The van der Waals surface area contributed by atoms with Gasteiger partial charge in [0, 0.05) is 19.3 Å². The van der Waals surface area contributed by atoms with Gasteiger partial charge in [-0.05, 0) is 6.07 Å². The van der Waals surface area contributed by atoms with Gasteiger partial charge in [-0.2, -0.15) is 0 Å². The molecule has 1 aromatic rings. The standard InChI is InChI=1S/C6H8N2O2/c1-7-6(10)8-4-2-3-5(8)9/h2-4,9H,1H3,(H,7,10). The van der Waals surface area contributed by atoms with Gasteiger partial charge in [0.05, 0.1) is 0 Å². The summed E-state index contributed by atoms with van der Waals surface area (Å²) in [5, 5.41) is 11.3. The minimum atomic E-state index is -0.345. The van der Waals surface area contributed by atoms with Gasteiger partial charge in [-0.25, -0.2) is 9.36 Å². The van der Waals surface area contributed by atoms with Crippen LogP contribution in [0.5, 0.6) is 5.88 Å². The van der Waals surface area contributed by atoms with Crippen LogP contribution in [0.25, 0.3) is 0 Å². The number of hydrogen-bond acceptors (Lipinski definition) is 2. The number of hydrogen-bond donors (Lipinski definition) is 2. The van der Waals surface area contributed by atoms with Gasteiger partial charge >= 0.3 is 6.03 Å². The van der Waals surface area contributed by atoms with Crippen molar-refractivity contribution in [3.63, 3.8) is 0 Å². The number of aromatic nitrogens is 1. The third kappa shape index (κ3) is 0.953. The van der Waals surface area contributed by atoms with Crippen LogP contribution in [0, 0.1) is 0 Å². The average molecular weight is 140 g/mol. The Morgan fingerprint density at radius 1 is 1.80 bits per heavy atom. The SMILES string of the molecule is CNC(=O)n1cccc1O. The maximum Gasteiger partial charge on any atom is 0.328 e. The molecule has 2 N–H and O–H groups in total. The molecule has 1 rings (SSSR count). The Morgan fingerprint density at radius 3 is 2.90 bits per heavy atom. The summed E-state index contributed by atoms with van der Waals surface area (Å²) in [4.78, 5) is 10.8. The van der Waals surface area contributed by atoms with E-state index in [0.717, 1.165) is 4.57 Å². The monoisotopic (exact) mass is 140 g/mol. The van der Waals surface area contributed by atoms with Crippen molar-refractivity contribution in [1.82, 2.24) is 9.88 Å². The van der Waals surface area contributed by atoms with Crippen LogP contribution in [-0.4, -0.2) is 22.8 Å². The number of rotatable bonds is 0. The predicted octanol–water partition coefficient (Wildman–Crippen LogP) is 0.381. The second-order valence-electron chi connectivity index (χ2n) is 1.79. The van der Waals surface area contributed by atoms with Crippen molar-refractivity contribution >= 4 is 6.03 Å². The van der Waals surface area contributed by atoms with Crippen LogP contribution in [0.3, 0.4) is 0 Å². The molecule has 0 fully saturated rings. The molecular formula is C6H8N2O2. The lowest BCUT2D eigenvalue weighted by Gasteiger charge is -1.99. The number of nitrogens with one attached hydrogen (secondary N) is 1. The fraction of sp³-hybridized carbons (Fsp3) is 0.167. The summed E-state index contributed by atoms with van der Waals surface area (Å²) < 4.78 is 1.11. The molecule has 0 aliphatic rings. The van der Waals surface area contributed by atoms with Gasteiger partial charge in [-0.15, -0.1) is 0 Å². The van der Waals surface area contributed by atoms with Gasteiger partial charge in [0.15, 0.2) is 5.88 Å². The molecule has 0 saturated heterocycles. The van der Waals surface area contributed by atoms with Crippen molar-refractivity contribution in [1.29, 1.82) is 0 Å². The van der Waals surface area contributed by atoms with Crippen LogP contribution in [0.4, 0.5) is 4.79 Å². The summed E-state index contributed by atoms with van der Waals surface area (Å²) in [6, 6.07) is 2.68. The Labute approximate surface area is 58.1 Å². The van der Waals surface area contributed by atoms with Crippen molar-refractivity contribution in [2.45, 2.75) is 0 Å². The lowest BCUT2D eigenvalue weighted by molar-refractivity contribution is 0.241. The molecule has 1 heterocycles. The Hall–Kier alpha value is -1.45. The van der Waals surface area contributed by atoms with E-state index in [1.807, 2.05) is 0 Å². The van der Waals surface area contributed by atoms with Gasteiger partial charge in [0.1, 0.15) is 0 Å². The number of carbonyl (C=O) groups is 1. The number of carbonyl (C=O) groups excluding carboxylic acids is 1. The molecule has 0 aliphatic carbocycles. The van der Waals surface area contributed by atoms with Crippen LogP contribution in [0.15, 0.2) is 18.3 Å². The normalized spacial score (nSPS) is 9.30. The maximum absolute atomic E-state index is 10.8. The first-order chi connectivity index (χ1) is 4.75. The third-order valence-electron chi connectivity index (χ3n) is 1.16. The Balaban J connectivity index is 2.93. The Morgan fingerprint density at radius 2 is 2.50 bits per heavy atom. The van der Waals surface area contributed by atoms with E-state index in [2.05, 4.69) is 5.32 Å². The molecule has 1 aromatic heterocycles. The van der Waals surface area contributed by atoms with E-state index in [1.165, 1.54) is 19.3 Å². The molecular weight excluding hydrogens is 132 g/mol. The minimum Gasteiger partial charge on any atom is -0.494 e. The molecule has 0 unspecified atom stereocenters. The largest absolute Gasteiger partial charge is 0.494 e. The highest BCUT2D eigenvalue weighted by Crippen LogP contribution is 2.07. The molecule has 0 aromatic carbocycles. The van der Waals surface area contributed by atoms with Crippen molar-refractivity contribution < 1.29 is 9.90 Å². The van der Waals surface area contributed by atoms with Crippen LogP contribution < -0.4 is 5.32 Å². The first-order valence-corrected chi connectivity index (χ1v) is 2.84. The fourth-order valence-corrected chi connectivity index (χ4v) is 0.664. The van der Waals surface area contributed by atoms with E-state index >= 15 is 0 Å². The minimum absolute atomic E-state index is 0.0562. The van der Waals surface area contributed by atoms with Crippen molar-refractivity contribution in [2.75, 3.05) is 7.05 Å². The summed E-state index contributed by atoms with van der Waals surface area (Å²) >= 11 is 0. The van der Waals surface area contributed by atoms with Gasteiger partial charge in [0.2, 0.25) is 0 Å². The van der Waals surface area contributed by atoms with E-state index in [-0.39, 0.29) is 11.9 Å². The van der Waals surface area contributed by atoms with Crippen molar-refractivity contribution in [2.24, 2.45) is 0 Å². The lowest BCUT2D eigenvalue weighted by atomic mass is 10.7. The van der Waals surface area contributed by atoms with Gasteiger partial charge < -0.3 is 10.4 Å². The van der Waals surface area contributed by atoms with Gasteiger partial charge in [-0.3, -0.25) is 0 Å². The highest BCUT2D eigenvalue weighted by atomic mass is 16.3. The molecule has 0 aliphatic heterocycles. The second kappa shape index (κ2) is 2.43. The highest BCUT2D eigenvalue weighted by molar-refractivity contribution is 5.77. The lowest BCUT2D eigenvalue weighted by Crippen LogP contribution is -2.23. The van der Waals surface area contributed by atoms with E-state index in [1.54, 1.807) is 6.07 Å². The quantitative estimate of drug-likeness (QED) is 0.547. The molecule has 0 atom stereocenters. The smallest absolute Gasteiger partial charge is 0.328 e. The predicted molar refractivity (Wildman–Crippen MR) is 36.0 cm³/mol. The molecule has 0 radical (unpaired) electrons. The van der Waals surface area contributed by atoms with Crippen molar-refractivity contribution in [3.8, 4) is 5.88 Å². The second-order valence-corrected chi connectivity index (χ2v) is 1.79. The van der Waals surface area contributed by atoms with Crippen LogP contribution in [-0.2, 0) is 0 Å². The molecule has 0 bridgehead atoms. The summed E-state index contributed by atoms with van der Waals surface area (Å²) in [5.74, 6) is -0.0562. The zero-order chi connectivity index (χ0) is 7.56. The van der Waals surface area contributed by atoms with E-state index < -0.39 is 0 Å². The number of aromatic hydroxyl groups is 1. The molecule has 1 amide bonds. The zero-order valence-electron chi connectivity index (χ0n) is 5.53. The Bertz CT molecular complexity index is 242. The summed E-state index contributed by atoms with van der Waals surface area (Å²) in [6.45, 7) is 0. The molecule has 0 saturated carbocycles. The van der Waals surface area contributed by atoms with Crippen LogP contribution >= 0.6 is 0 Å². The van der Waals surface area contributed by atoms with Gasteiger partial charge in [0.25, 0.3) is 0 Å². The average Bonchev–Trinajstić information content (AvgIpc) is 2.34. The zero-order valence-corrected chi connectivity index (χ0v) is 5.53. The topological polar surface area (TPSA) is 54.3 Å². The summed E-state index contributed by atoms with van der Waals surface area (Å²) in [7, 11) is 1.50. The highest BCUT2D eigenvalue weighted by Gasteiger charge is 2.03. The van der Waals surface area contributed by atoms with Gasteiger partial charge in [-0.1, -0.05) is 0 Å². The molecule has 4 nitrogen and oxygen atoms in total. The summed E-state index contributed by atoms with van der Waals surface area (Å²) in [5.41, 5.74) is 0. The Kier molecular flexibility index (Phi) is 1.62.